The highest BCUT2D eigenvalue weighted by atomic mass is 79.9. The van der Waals surface area contributed by atoms with E-state index in [0.29, 0.717) is 6.04 Å². The van der Waals surface area contributed by atoms with Gasteiger partial charge in [0.2, 0.25) is 0 Å². The third-order valence-corrected chi connectivity index (χ3v) is 4.64. The molecule has 0 aliphatic rings. The van der Waals surface area contributed by atoms with Crippen LogP contribution in [-0.2, 0) is 13.0 Å². The third kappa shape index (κ3) is 3.43. The number of aromatic nitrogens is 2. The minimum Gasteiger partial charge on any atom is -0.309 e. The van der Waals surface area contributed by atoms with Crippen molar-refractivity contribution in [3.63, 3.8) is 0 Å². The van der Waals surface area contributed by atoms with Gasteiger partial charge in [0.25, 0.3) is 0 Å². The van der Waals surface area contributed by atoms with Gasteiger partial charge in [0.1, 0.15) is 0 Å². The van der Waals surface area contributed by atoms with Gasteiger partial charge in [-0.1, -0.05) is 6.92 Å². The molecular weight excluding hydrogens is 310 g/mol. The van der Waals surface area contributed by atoms with Crippen LogP contribution in [0.15, 0.2) is 28.3 Å². The summed E-state index contributed by atoms with van der Waals surface area (Å²) in [5, 5.41) is 10.0. The van der Waals surface area contributed by atoms with E-state index in [-0.39, 0.29) is 0 Å². The van der Waals surface area contributed by atoms with Crippen molar-refractivity contribution >= 4 is 27.3 Å². The number of thiophene rings is 1. The lowest BCUT2D eigenvalue weighted by atomic mass is 10.1. The maximum atomic E-state index is 4.33. The maximum Gasteiger partial charge on any atom is 0.0522 e. The van der Waals surface area contributed by atoms with E-state index in [4.69, 9.17) is 0 Å². The SMILES string of the molecule is CCNC(Cc1cnn(CC)c1)c1cc(Br)cs1. The van der Waals surface area contributed by atoms with Crippen LogP contribution in [0, 0.1) is 0 Å². The Balaban J connectivity index is 2.10. The molecule has 0 saturated heterocycles. The molecule has 0 aliphatic heterocycles. The molecule has 3 nitrogen and oxygen atoms in total. The van der Waals surface area contributed by atoms with Crippen molar-refractivity contribution in [2.75, 3.05) is 6.54 Å². The number of nitrogens with one attached hydrogen (secondary N) is 1. The summed E-state index contributed by atoms with van der Waals surface area (Å²) in [4.78, 5) is 1.37. The monoisotopic (exact) mass is 327 g/mol. The highest BCUT2D eigenvalue weighted by molar-refractivity contribution is 9.10. The summed E-state index contributed by atoms with van der Waals surface area (Å²) in [5.74, 6) is 0. The molecule has 1 unspecified atom stereocenters. The smallest absolute Gasteiger partial charge is 0.0522 e. The zero-order chi connectivity index (χ0) is 13.0. The van der Waals surface area contributed by atoms with E-state index in [0.717, 1.165) is 24.0 Å². The lowest BCUT2D eigenvalue weighted by Gasteiger charge is -2.15. The molecule has 0 fully saturated rings. The second-order valence-electron chi connectivity index (χ2n) is 4.19. The molecule has 5 heteroatoms. The zero-order valence-corrected chi connectivity index (χ0v) is 13.1. The first kappa shape index (κ1) is 13.8. The second-order valence-corrected chi connectivity index (χ2v) is 6.04. The van der Waals surface area contributed by atoms with E-state index in [1.807, 2.05) is 10.9 Å². The van der Waals surface area contributed by atoms with Gasteiger partial charge in [0.05, 0.1) is 6.20 Å². The number of rotatable bonds is 6. The third-order valence-electron chi connectivity index (χ3n) is 2.83. The number of aryl methyl sites for hydroxylation is 1. The molecule has 0 aromatic carbocycles. The van der Waals surface area contributed by atoms with Crippen molar-refractivity contribution in [3.05, 3.63) is 38.8 Å². The van der Waals surface area contributed by atoms with Crippen LogP contribution in [0.2, 0.25) is 0 Å². The summed E-state index contributed by atoms with van der Waals surface area (Å²) in [7, 11) is 0. The predicted octanol–water partition coefficient (Wildman–Crippen LogP) is 3.62. The quantitative estimate of drug-likeness (QED) is 0.878. The van der Waals surface area contributed by atoms with Crippen LogP contribution in [0.5, 0.6) is 0 Å². The van der Waals surface area contributed by atoms with Crippen molar-refractivity contribution in [3.8, 4) is 0 Å². The van der Waals surface area contributed by atoms with Crippen molar-refractivity contribution in [1.29, 1.82) is 0 Å². The molecule has 0 bridgehead atoms. The minimum absolute atomic E-state index is 0.376. The summed E-state index contributed by atoms with van der Waals surface area (Å²) in [5.41, 5.74) is 1.28. The summed E-state index contributed by atoms with van der Waals surface area (Å²) >= 11 is 5.31. The predicted molar refractivity (Wildman–Crippen MR) is 80.0 cm³/mol. The summed E-state index contributed by atoms with van der Waals surface area (Å²) in [6.07, 6.45) is 5.09. The van der Waals surface area contributed by atoms with E-state index < -0.39 is 0 Å². The molecule has 0 radical (unpaired) electrons. The molecule has 0 spiro atoms. The van der Waals surface area contributed by atoms with Crippen LogP contribution in [-0.4, -0.2) is 16.3 Å². The maximum absolute atomic E-state index is 4.33. The average Bonchev–Trinajstić information content (AvgIpc) is 2.97. The van der Waals surface area contributed by atoms with Gasteiger partial charge >= 0.3 is 0 Å². The van der Waals surface area contributed by atoms with Crippen LogP contribution < -0.4 is 5.32 Å². The normalized spacial score (nSPS) is 12.8. The van der Waals surface area contributed by atoms with E-state index in [1.165, 1.54) is 10.4 Å². The highest BCUT2D eigenvalue weighted by Crippen LogP contribution is 2.27. The van der Waals surface area contributed by atoms with Crippen molar-refractivity contribution < 1.29 is 0 Å². The fourth-order valence-corrected chi connectivity index (χ4v) is 3.47. The van der Waals surface area contributed by atoms with Gasteiger partial charge in [0.15, 0.2) is 0 Å². The molecule has 2 heterocycles. The Morgan fingerprint density at radius 3 is 2.89 bits per heavy atom. The molecule has 98 valence electrons. The molecule has 18 heavy (non-hydrogen) atoms. The van der Waals surface area contributed by atoms with Crippen molar-refractivity contribution in [1.82, 2.24) is 15.1 Å². The Hall–Kier alpha value is -0.650. The first-order chi connectivity index (χ1) is 8.72. The Labute approximate surface area is 120 Å². The Morgan fingerprint density at radius 2 is 2.33 bits per heavy atom. The van der Waals surface area contributed by atoms with E-state index in [2.05, 4.69) is 57.8 Å². The van der Waals surface area contributed by atoms with Gasteiger partial charge in [-0.15, -0.1) is 11.3 Å². The number of likely N-dealkylation sites (N-methyl/N-ethyl adjacent to an activating group) is 1. The first-order valence-corrected chi connectivity index (χ1v) is 7.88. The Bertz CT molecular complexity index is 492. The first-order valence-electron chi connectivity index (χ1n) is 6.21. The standard InChI is InChI=1S/C13H18BrN3S/c1-3-15-12(13-6-11(14)9-18-13)5-10-7-16-17(4-2)8-10/h6-9,12,15H,3-5H2,1-2H3. The number of nitrogens with zero attached hydrogens (tertiary/aromatic N) is 2. The van der Waals surface area contributed by atoms with Crippen LogP contribution in [0.25, 0.3) is 0 Å². The van der Waals surface area contributed by atoms with Crippen molar-refractivity contribution in [2.24, 2.45) is 0 Å². The van der Waals surface area contributed by atoms with Gasteiger partial charge < -0.3 is 5.32 Å². The summed E-state index contributed by atoms with van der Waals surface area (Å²) in [6, 6.07) is 2.57. The van der Waals surface area contributed by atoms with E-state index >= 15 is 0 Å². The lowest BCUT2D eigenvalue weighted by Crippen LogP contribution is -2.21. The summed E-state index contributed by atoms with van der Waals surface area (Å²) in [6.45, 7) is 6.15. The molecule has 0 aliphatic carbocycles. The molecule has 0 saturated carbocycles. The number of hydrogen-bond acceptors (Lipinski definition) is 3. The van der Waals surface area contributed by atoms with Gasteiger partial charge in [-0.25, -0.2) is 0 Å². The van der Waals surface area contributed by atoms with Crippen LogP contribution in [0.1, 0.15) is 30.3 Å². The topological polar surface area (TPSA) is 29.9 Å². The highest BCUT2D eigenvalue weighted by Gasteiger charge is 2.14. The second kappa shape index (κ2) is 6.50. The van der Waals surface area contributed by atoms with Gasteiger partial charge in [-0.05, 0) is 47.4 Å². The van der Waals surface area contributed by atoms with Gasteiger partial charge in [-0.2, -0.15) is 5.10 Å². The fraction of sp³-hybridized carbons (Fsp3) is 0.462. The molecule has 2 rings (SSSR count). The Morgan fingerprint density at radius 1 is 1.50 bits per heavy atom. The van der Waals surface area contributed by atoms with E-state index in [1.54, 1.807) is 11.3 Å². The van der Waals surface area contributed by atoms with Crippen molar-refractivity contribution in [2.45, 2.75) is 32.9 Å². The Kier molecular flexibility index (Phi) is 4.97. The van der Waals surface area contributed by atoms with E-state index in [9.17, 15) is 0 Å². The summed E-state index contributed by atoms with van der Waals surface area (Å²) < 4.78 is 3.14. The number of halogens is 1. The van der Waals surface area contributed by atoms with Crippen LogP contribution in [0.3, 0.4) is 0 Å². The number of hydrogen-bond donors (Lipinski definition) is 1. The van der Waals surface area contributed by atoms with Gasteiger partial charge in [-0.3, -0.25) is 4.68 Å². The largest absolute Gasteiger partial charge is 0.309 e. The van der Waals surface area contributed by atoms with Crippen LogP contribution in [0.4, 0.5) is 0 Å². The molecule has 0 amide bonds. The lowest BCUT2D eigenvalue weighted by molar-refractivity contribution is 0.557. The average molecular weight is 328 g/mol. The molecular formula is C13H18BrN3S. The fourth-order valence-electron chi connectivity index (χ4n) is 1.95. The van der Waals surface area contributed by atoms with Gasteiger partial charge in [0, 0.05) is 33.5 Å². The minimum atomic E-state index is 0.376. The molecule has 1 atom stereocenters. The molecule has 2 aromatic rings. The zero-order valence-electron chi connectivity index (χ0n) is 10.7. The molecule has 1 N–H and O–H groups in total. The molecule has 2 aromatic heterocycles. The van der Waals surface area contributed by atoms with Crippen LogP contribution >= 0.6 is 27.3 Å².